The quantitative estimate of drug-likeness (QED) is 0.644. The Morgan fingerprint density at radius 3 is 2.92 bits per heavy atom. The van der Waals surface area contributed by atoms with Gasteiger partial charge in [-0.05, 0) is 0 Å². The number of nitrogens with zero attached hydrogens (tertiary/aromatic N) is 1. The molecular formula is C7H10N2O3. The Kier molecular flexibility index (Phi) is 2.82. The summed E-state index contributed by atoms with van der Waals surface area (Å²) < 4.78 is 6.16. The lowest BCUT2D eigenvalue weighted by Crippen LogP contribution is -2.29. The third kappa shape index (κ3) is 2.06. The Morgan fingerprint density at radius 1 is 1.58 bits per heavy atom. The van der Waals surface area contributed by atoms with E-state index in [9.17, 15) is 9.59 Å². The molecule has 0 atom stereocenters. The molecule has 0 aliphatic heterocycles. The van der Waals surface area contributed by atoms with Crippen LogP contribution >= 0.6 is 0 Å². The lowest BCUT2D eigenvalue weighted by Gasteiger charge is -2.01. The lowest BCUT2D eigenvalue weighted by atomic mass is 10.6. The van der Waals surface area contributed by atoms with Crippen LogP contribution in [0.5, 0.6) is 0 Å². The number of nitrogens with one attached hydrogen (secondary N) is 1. The van der Waals surface area contributed by atoms with E-state index in [-0.39, 0.29) is 5.56 Å². The summed E-state index contributed by atoms with van der Waals surface area (Å²) in [6, 6.07) is 1.30. The lowest BCUT2D eigenvalue weighted by molar-refractivity contribution is 0.185. The van der Waals surface area contributed by atoms with Crippen molar-refractivity contribution in [3.05, 3.63) is 33.1 Å². The number of hydrogen-bond donors (Lipinski definition) is 1. The maximum Gasteiger partial charge on any atom is 0.328 e. The number of hydrogen-bond acceptors (Lipinski definition) is 3. The number of H-pyrrole nitrogens is 1. The predicted molar refractivity (Wildman–Crippen MR) is 43.2 cm³/mol. The fourth-order valence-corrected chi connectivity index (χ4v) is 0.810. The molecule has 0 bridgehead atoms. The summed E-state index contributed by atoms with van der Waals surface area (Å²) in [5.41, 5.74) is -0.784. The first-order valence-corrected chi connectivity index (χ1v) is 3.53. The molecule has 1 N–H and O–H groups in total. The first-order chi connectivity index (χ1) is 5.74. The SMILES string of the molecule is COCCn1ccc(=O)[nH]c1=O. The number of ether oxygens (including phenoxy) is 1. The Labute approximate surface area is 68.6 Å². The van der Waals surface area contributed by atoms with Gasteiger partial charge in [0.25, 0.3) is 5.56 Å². The van der Waals surface area contributed by atoms with Gasteiger partial charge >= 0.3 is 5.69 Å². The van der Waals surface area contributed by atoms with Crippen molar-refractivity contribution in [2.75, 3.05) is 13.7 Å². The topological polar surface area (TPSA) is 64.1 Å². The van der Waals surface area contributed by atoms with Crippen LogP contribution in [0.15, 0.2) is 21.9 Å². The fourth-order valence-electron chi connectivity index (χ4n) is 0.810. The molecule has 0 spiro atoms. The minimum absolute atomic E-state index is 0.381. The molecule has 1 rings (SSSR count). The highest BCUT2D eigenvalue weighted by Gasteiger charge is 1.93. The zero-order valence-electron chi connectivity index (χ0n) is 6.74. The van der Waals surface area contributed by atoms with Gasteiger partial charge in [-0.1, -0.05) is 0 Å². The van der Waals surface area contributed by atoms with Gasteiger partial charge in [-0.2, -0.15) is 0 Å². The summed E-state index contributed by atoms with van der Waals surface area (Å²) in [6.45, 7) is 0.901. The van der Waals surface area contributed by atoms with E-state index in [4.69, 9.17) is 4.74 Å². The van der Waals surface area contributed by atoms with Crippen molar-refractivity contribution in [3.8, 4) is 0 Å². The Balaban J connectivity index is 2.87. The molecule has 0 amide bonds. The molecule has 1 aromatic rings. The number of rotatable bonds is 3. The maximum absolute atomic E-state index is 11.0. The molecule has 0 saturated heterocycles. The highest BCUT2D eigenvalue weighted by atomic mass is 16.5. The van der Waals surface area contributed by atoms with Crippen molar-refractivity contribution in [3.63, 3.8) is 0 Å². The highest BCUT2D eigenvalue weighted by molar-refractivity contribution is 4.82. The van der Waals surface area contributed by atoms with E-state index in [1.165, 1.54) is 16.8 Å². The van der Waals surface area contributed by atoms with Crippen molar-refractivity contribution in [2.45, 2.75) is 6.54 Å². The van der Waals surface area contributed by atoms with Crippen LogP contribution in [0, 0.1) is 0 Å². The Morgan fingerprint density at radius 2 is 2.33 bits per heavy atom. The smallest absolute Gasteiger partial charge is 0.328 e. The van der Waals surface area contributed by atoms with E-state index in [0.717, 1.165) is 0 Å². The van der Waals surface area contributed by atoms with E-state index in [1.807, 2.05) is 0 Å². The first kappa shape index (κ1) is 8.73. The molecule has 0 aliphatic carbocycles. The van der Waals surface area contributed by atoms with Crippen LogP contribution in [0.4, 0.5) is 0 Å². The molecule has 0 aromatic carbocycles. The van der Waals surface area contributed by atoms with E-state index in [1.54, 1.807) is 7.11 Å². The maximum atomic E-state index is 11.0. The summed E-state index contributed by atoms with van der Waals surface area (Å²) >= 11 is 0. The fraction of sp³-hybridized carbons (Fsp3) is 0.429. The van der Waals surface area contributed by atoms with Gasteiger partial charge in [0.1, 0.15) is 0 Å². The molecule has 12 heavy (non-hydrogen) atoms. The van der Waals surface area contributed by atoms with Gasteiger partial charge in [0, 0.05) is 19.4 Å². The zero-order chi connectivity index (χ0) is 8.97. The molecular weight excluding hydrogens is 160 g/mol. The van der Waals surface area contributed by atoms with Crippen LogP contribution in [0.25, 0.3) is 0 Å². The second-order valence-corrected chi connectivity index (χ2v) is 2.30. The van der Waals surface area contributed by atoms with Gasteiger partial charge in [0.05, 0.1) is 13.2 Å². The summed E-state index contributed by atoms with van der Waals surface area (Å²) in [4.78, 5) is 23.8. The molecule has 1 aromatic heterocycles. The largest absolute Gasteiger partial charge is 0.383 e. The highest BCUT2D eigenvalue weighted by Crippen LogP contribution is 1.76. The van der Waals surface area contributed by atoms with Gasteiger partial charge in [-0.15, -0.1) is 0 Å². The molecule has 1 heterocycles. The van der Waals surface area contributed by atoms with Crippen molar-refractivity contribution < 1.29 is 4.74 Å². The summed E-state index contributed by atoms with van der Waals surface area (Å²) in [6.07, 6.45) is 1.44. The predicted octanol–water partition coefficient (Wildman–Crippen LogP) is -0.817. The summed E-state index contributed by atoms with van der Waals surface area (Å²) in [7, 11) is 1.55. The average molecular weight is 170 g/mol. The molecule has 0 fully saturated rings. The van der Waals surface area contributed by atoms with Crippen LogP contribution in [-0.4, -0.2) is 23.3 Å². The van der Waals surface area contributed by atoms with Crippen LogP contribution in [0.2, 0.25) is 0 Å². The minimum Gasteiger partial charge on any atom is -0.383 e. The van der Waals surface area contributed by atoms with Crippen LogP contribution in [-0.2, 0) is 11.3 Å². The third-order valence-electron chi connectivity index (χ3n) is 1.43. The number of methoxy groups -OCH3 is 1. The Hall–Kier alpha value is -1.36. The standard InChI is InChI=1S/C7H10N2O3/c1-12-5-4-9-3-2-6(10)8-7(9)11/h2-3H,4-5H2,1H3,(H,8,10,11). The zero-order valence-corrected chi connectivity index (χ0v) is 6.74. The Bertz CT molecular complexity index is 352. The first-order valence-electron chi connectivity index (χ1n) is 3.53. The van der Waals surface area contributed by atoms with E-state index in [0.29, 0.717) is 13.2 Å². The second-order valence-electron chi connectivity index (χ2n) is 2.30. The van der Waals surface area contributed by atoms with Gasteiger partial charge in [-0.3, -0.25) is 14.3 Å². The van der Waals surface area contributed by atoms with Crippen LogP contribution in [0.1, 0.15) is 0 Å². The van der Waals surface area contributed by atoms with E-state index in [2.05, 4.69) is 4.98 Å². The van der Waals surface area contributed by atoms with Gasteiger partial charge in [0.15, 0.2) is 0 Å². The van der Waals surface area contributed by atoms with Crippen LogP contribution < -0.4 is 11.2 Å². The third-order valence-corrected chi connectivity index (χ3v) is 1.43. The summed E-state index contributed by atoms with van der Waals surface area (Å²) in [5.74, 6) is 0. The molecule has 5 nitrogen and oxygen atoms in total. The molecule has 0 unspecified atom stereocenters. The monoisotopic (exact) mass is 170 g/mol. The van der Waals surface area contributed by atoms with Gasteiger partial charge in [0.2, 0.25) is 0 Å². The van der Waals surface area contributed by atoms with Gasteiger partial charge in [-0.25, -0.2) is 4.79 Å². The minimum atomic E-state index is -0.403. The van der Waals surface area contributed by atoms with Crippen molar-refractivity contribution in [1.82, 2.24) is 9.55 Å². The van der Waals surface area contributed by atoms with E-state index < -0.39 is 5.69 Å². The second kappa shape index (κ2) is 3.87. The molecule has 0 aliphatic rings. The van der Waals surface area contributed by atoms with Crippen molar-refractivity contribution in [2.24, 2.45) is 0 Å². The normalized spacial score (nSPS) is 10.1. The van der Waals surface area contributed by atoms with Gasteiger partial charge < -0.3 is 4.74 Å². The molecule has 5 heteroatoms. The van der Waals surface area contributed by atoms with E-state index >= 15 is 0 Å². The summed E-state index contributed by atoms with van der Waals surface area (Å²) in [5, 5.41) is 0. The number of aromatic nitrogens is 2. The van der Waals surface area contributed by atoms with Crippen molar-refractivity contribution >= 4 is 0 Å². The molecule has 0 radical (unpaired) electrons. The average Bonchev–Trinajstić information content (AvgIpc) is 2.03. The van der Waals surface area contributed by atoms with Crippen LogP contribution in [0.3, 0.4) is 0 Å². The van der Waals surface area contributed by atoms with Crippen molar-refractivity contribution in [1.29, 1.82) is 0 Å². The number of aromatic amines is 1. The molecule has 66 valence electrons. The molecule has 0 saturated carbocycles.